The molecular formula is C26H24F3N3O4S. The van der Waals surface area contributed by atoms with Crippen LogP contribution in [0.15, 0.2) is 46.3 Å². The summed E-state index contributed by atoms with van der Waals surface area (Å²) in [7, 11) is 1.36. The summed E-state index contributed by atoms with van der Waals surface area (Å²) >= 11 is 1.20. The van der Waals surface area contributed by atoms with E-state index in [9.17, 15) is 18.0 Å². The minimum atomic E-state index is -4.71. The molecule has 2 unspecified atom stereocenters. The second-order valence-corrected chi connectivity index (χ2v) is 9.70. The highest BCUT2D eigenvalue weighted by atomic mass is 32.2. The first-order valence-corrected chi connectivity index (χ1v) is 12.3. The number of carbonyl (C=O) groups is 1. The third kappa shape index (κ3) is 6.64. The van der Waals surface area contributed by atoms with Crippen molar-refractivity contribution in [3.05, 3.63) is 58.0 Å². The average Bonchev–Trinajstić information content (AvgIpc) is 3.22. The van der Waals surface area contributed by atoms with Gasteiger partial charge in [-0.2, -0.15) is 18.4 Å². The van der Waals surface area contributed by atoms with Crippen molar-refractivity contribution < 1.29 is 32.2 Å². The van der Waals surface area contributed by atoms with Crippen molar-refractivity contribution in [2.45, 2.75) is 32.0 Å². The molecule has 2 heterocycles. The molecule has 7 nitrogen and oxygen atoms in total. The number of nitrogens with zero attached hydrogens (tertiary/aromatic N) is 2. The van der Waals surface area contributed by atoms with Gasteiger partial charge in [0.2, 0.25) is 0 Å². The monoisotopic (exact) mass is 531 g/mol. The second kappa shape index (κ2) is 11.3. The average molecular weight is 532 g/mol. The molecule has 4 rings (SSSR count). The molecule has 1 N–H and O–H groups in total. The van der Waals surface area contributed by atoms with Gasteiger partial charge in [0.15, 0.2) is 16.7 Å². The summed E-state index contributed by atoms with van der Waals surface area (Å²) in [6.07, 6.45) is -1.08. The first kappa shape index (κ1) is 26.6. The number of nitriles is 1. The summed E-state index contributed by atoms with van der Waals surface area (Å²) in [5.74, 6) is 0.0476. The van der Waals surface area contributed by atoms with Gasteiger partial charge in [0, 0.05) is 6.61 Å². The van der Waals surface area contributed by atoms with Gasteiger partial charge >= 0.3 is 6.18 Å². The van der Waals surface area contributed by atoms with Crippen molar-refractivity contribution in [1.82, 2.24) is 5.32 Å². The Morgan fingerprint density at radius 2 is 2.03 bits per heavy atom. The van der Waals surface area contributed by atoms with E-state index in [2.05, 4.69) is 17.2 Å². The highest BCUT2D eigenvalue weighted by Crippen LogP contribution is 2.41. The minimum absolute atomic E-state index is 0.0348. The van der Waals surface area contributed by atoms with Crippen LogP contribution in [-0.2, 0) is 15.7 Å². The van der Waals surface area contributed by atoms with Gasteiger partial charge in [0.25, 0.3) is 5.91 Å². The highest BCUT2D eigenvalue weighted by molar-refractivity contribution is 8.18. The van der Waals surface area contributed by atoms with Gasteiger partial charge in [0.05, 0.1) is 41.9 Å². The zero-order chi connectivity index (χ0) is 26.6. The van der Waals surface area contributed by atoms with Crippen LogP contribution in [0.3, 0.4) is 0 Å². The van der Waals surface area contributed by atoms with Gasteiger partial charge in [-0.3, -0.25) is 9.79 Å². The van der Waals surface area contributed by atoms with Crippen LogP contribution in [0.5, 0.6) is 17.2 Å². The highest BCUT2D eigenvalue weighted by Gasteiger charge is 2.35. The first-order chi connectivity index (χ1) is 17.7. The number of nitrogens with one attached hydrogen (secondary N) is 1. The topological polar surface area (TPSA) is 92.9 Å². The lowest BCUT2D eigenvalue weighted by atomic mass is 9.98. The molecule has 2 saturated heterocycles. The summed E-state index contributed by atoms with van der Waals surface area (Å²) in [6, 6.07) is 9.37. The fourth-order valence-electron chi connectivity index (χ4n) is 3.92. The normalized spacial score (nSPS) is 22.1. The van der Waals surface area contributed by atoms with E-state index in [1.807, 2.05) is 0 Å². The molecule has 2 atom stereocenters. The lowest BCUT2D eigenvalue weighted by molar-refractivity contribution is -0.138. The van der Waals surface area contributed by atoms with Gasteiger partial charge in [-0.25, -0.2) is 0 Å². The van der Waals surface area contributed by atoms with Crippen molar-refractivity contribution in [2.24, 2.45) is 10.9 Å². The first-order valence-electron chi connectivity index (χ1n) is 11.5. The fourth-order valence-corrected chi connectivity index (χ4v) is 4.75. The summed E-state index contributed by atoms with van der Waals surface area (Å²) in [6.45, 7) is 3.36. The van der Waals surface area contributed by atoms with Crippen LogP contribution in [0, 0.1) is 17.2 Å². The van der Waals surface area contributed by atoms with Crippen LogP contribution in [0.25, 0.3) is 6.08 Å². The molecule has 2 fully saturated rings. The van der Waals surface area contributed by atoms with Gasteiger partial charge < -0.3 is 19.5 Å². The maximum Gasteiger partial charge on any atom is 0.420 e. The van der Waals surface area contributed by atoms with Crippen molar-refractivity contribution in [3.8, 4) is 23.3 Å². The molecule has 11 heteroatoms. The summed E-state index contributed by atoms with van der Waals surface area (Å²) in [5, 5.41) is 12.2. The van der Waals surface area contributed by atoms with Crippen LogP contribution in [0.4, 0.5) is 13.2 Å². The number of halogens is 3. The largest absolute Gasteiger partial charge is 0.493 e. The zero-order valence-electron chi connectivity index (χ0n) is 20.1. The molecule has 2 aliphatic heterocycles. The number of benzene rings is 2. The summed E-state index contributed by atoms with van der Waals surface area (Å²) < 4.78 is 57.1. The third-order valence-electron chi connectivity index (χ3n) is 5.84. The number of thioether (sulfide) groups is 1. The number of hydrogen-bond acceptors (Lipinski definition) is 7. The molecule has 0 saturated carbocycles. The third-order valence-corrected chi connectivity index (χ3v) is 6.79. The van der Waals surface area contributed by atoms with E-state index in [1.165, 1.54) is 31.0 Å². The standard InChI is InChI=1S/C26H24F3N3O4S/c1-15-7-8-35-18(9-15)14-31-25-32-24(33)23(37-25)12-16-3-6-21(22(11-16)34-2)36-20-5-4-17(13-30)10-19(20)26(27,28)29/h3-6,10-12,15,18H,7-9,14H2,1-2H3,(H,31,32,33)/b23-12-. The predicted molar refractivity (Wildman–Crippen MR) is 133 cm³/mol. The Kier molecular flexibility index (Phi) is 8.10. The van der Waals surface area contributed by atoms with E-state index < -0.39 is 17.5 Å². The van der Waals surface area contributed by atoms with Crippen LogP contribution in [-0.4, -0.2) is 37.4 Å². The Bertz CT molecular complexity index is 1290. The number of amidine groups is 1. The Hall–Kier alpha value is -3.49. The van der Waals surface area contributed by atoms with E-state index in [1.54, 1.807) is 24.3 Å². The van der Waals surface area contributed by atoms with E-state index >= 15 is 0 Å². The SMILES string of the molecule is COc1cc(/C=C2\SC(=NCC3CC(C)CCO3)NC2=O)ccc1Oc1ccc(C#N)cc1C(F)(F)F. The van der Waals surface area contributed by atoms with Gasteiger partial charge in [0.1, 0.15) is 5.75 Å². The minimum Gasteiger partial charge on any atom is -0.493 e. The van der Waals surface area contributed by atoms with Crippen molar-refractivity contribution in [1.29, 1.82) is 5.26 Å². The Labute approximate surface area is 216 Å². The van der Waals surface area contributed by atoms with Crippen LogP contribution < -0.4 is 14.8 Å². The number of ether oxygens (including phenoxy) is 3. The molecule has 0 spiro atoms. The summed E-state index contributed by atoms with van der Waals surface area (Å²) in [4.78, 5) is 17.3. The number of alkyl halides is 3. The number of hydrogen-bond donors (Lipinski definition) is 1. The molecule has 37 heavy (non-hydrogen) atoms. The van der Waals surface area contributed by atoms with Crippen LogP contribution >= 0.6 is 11.8 Å². The maximum absolute atomic E-state index is 13.5. The molecule has 194 valence electrons. The fraction of sp³-hybridized carbons (Fsp3) is 0.346. The molecule has 2 aromatic carbocycles. The number of carbonyl (C=O) groups excluding carboxylic acids is 1. The van der Waals surface area contributed by atoms with Gasteiger partial charge in [-0.15, -0.1) is 0 Å². The lowest BCUT2D eigenvalue weighted by Crippen LogP contribution is -2.28. The second-order valence-electron chi connectivity index (χ2n) is 8.67. The number of rotatable bonds is 6. The quantitative estimate of drug-likeness (QED) is 0.477. The van der Waals surface area contributed by atoms with Gasteiger partial charge in [-0.05, 0) is 72.5 Å². The van der Waals surface area contributed by atoms with E-state index in [-0.39, 0.29) is 29.1 Å². The molecule has 2 aromatic rings. The molecule has 0 bridgehead atoms. The molecule has 2 aliphatic rings. The van der Waals surface area contributed by atoms with Crippen molar-refractivity contribution >= 4 is 28.9 Å². The smallest absolute Gasteiger partial charge is 0.420 e. The Morgan fingerprint density at radius 1 is 1.24 bits per heavy atom. The molecule has 0 aliphatic carbocycles. The van der Waals surface area contributed by atoms with E-state index in [0.717, 1.165) is 25.0 Å². The van der Waals surface area contributed by atoms with Crippen LogP contribution in [0.2, 0.25) is 0 Å². The maximum atomic E-state index is 13.5. The lowest BCUT2D eigenvalue weighted by Gasteiger charge is -2.26. The molecule has 0 aromatic heterocycles. The molecular weight excluding hydrogens is 507 g/mol. The van der Waals surface area contributed by atoms with Gasteiger partial charge in [-0.1, -0.05) is 13.0 Å². The van der Waals surface area contributed by atoms with Crippen LogP contribution in [0.1, 0.15) is 36.5 Å². The predicted octanol–water partition coefficient (Wildman–Crippen LogP) is 5.75. The Morgan fingerprint density at radius 3 is 2.73 bits per heavy atom. The zero-order valence-corrected chi connectivity index (χ0v) is 20.9. The number of amides is 1. The van der Waals surface area contributed by atoms with Crippen molar-refractivity contribution in [3.63, 3.8) is 0 Å². The Balaban J connectivity index is 1.50. The number of aliphatic imine (C=N–C) groups is 1. The van der Waals surface area contributed by atoms with E-state index in [0.29, 0.717) is 34.7 Å². The van der Waals surface area contributed by atoms with Crippen molar-refractivity contribution in [2.75, 3.05) is 20.3 Å². The summed E-state index contributed by atoms with van der Waals surface area (Å²) in [5.41, 5.74) is -0.619. The molecule has 0 radical (unpaired) electrons. The molecule has 1 amide bonds. The number of methoxy groups -OCH3 is 1. The van der Waals surface area contributed by atoms with E-state index in [4.69, 9.17) is 19.5 Å².